The smallest absolute Gasteiger partial charge is 0.150 e. The summed E-state index contributed by atoms with van der Waals surface area (Å²) in [4.78, 5) is 0. The van der Waals surface area contributed by atoms with Gasteiger partial charge in [-0.3, -0.25) is 0 Å². The Balaban J connectivity index is 1.87. The lowest BCUT2D eigenvalue weighted by Gasteiger charge is -2.14. The SMILES string of the molecule is Cc1ccc(Cl)c(Oc2c(Cl)cccc2CNC2CC2)c1. The van der Waals surface area contributed by atoms with Crippen molar-refractivity contribution in [1.29, 1.82) is 0 Å². The van der Waals surface area contributed by atoms with Crippen LogP contribution in [-0.4, -0.2) is 6.04 Å². The quantitative estimate of drug-likeness (QED) is 0.801. The van der Waals surface area contributed by atoms with Gasteiger partial charge in [-0.25, -0.2) is 0 Å². The number of halogens is 2. The Bertz CT molecular complexity index is 653. The summed E-state index contributed by atoms with van der Waals surface area (Å²) >= 11 is 12.5. The van der Waals surface area contributed by atoms with E-state index in [1.807, 2.05) is 43.3 Å². The molecule has 1 aliphatic rings. The van der Waals surface area contributed by atoms with Crippen LogP contribution in [0, 0.1) is 6.92 Å². The van der Waals surface area contributed by atoms with Crippen molar-refractivity contribution in [1.82, 2.24) is 5.32 Å². The highest BCUT2D eigenvalue weighted by atomic mass is 35.5. The Morgan fingerprint density at radius 2 is 1.95 bits per heavy atom. The Morgan fingerprint density at radius 1 is 1.14 bits per heavy atom. The zero-order valence-corrected chi connectivity index (χ0v) is 13.3. The monoisotopic (exact) mass is 321 g/mol. The first kappa shape index (κ1) is 14.7. The fourth-order valence-corrected chi connectivity index (χ4v) is 2.54. The maximum Gasteiger partial charge on any atom is 0.150 e. The van der Waals surface area contributed by atoms with Gasteiger partial charge in [0.1, 0.15) is 5.75 Å². The topological polar surface area (TPSA) is 21.3 Å². The van der Waals surface area contributed by atoms with Crippen molar-refractivity contribution in [3.05, 3.63) is 57.6 Å². The lowest BCUT2D eigenvalue weighted by atomic mass is 10.2. The van der Waals surface area contributed by atoms with Crippen LogP contribution in [0.15, 0.2) is 36.4 Å². The Labute approximate surface area is 135 Å². The molecule has 110 valence electrons. The second-order valence-corrected chi connectivity index (χ2v) is 6.23. The molecule has 0 amide bonds. The third kappa shape index (κ3) is 3.70. The van der Waals surface area contributed by atoms with Gasteiger partial charge in [0.15, 0.2) is 5.75 Å². The highest BCUT2D eigenvalue weighted by molar-refractivity contribution is 6.33. The van der Waals surface area contributed by atoms with Crippen LogP contribution in [0.5, 0.6) is 11.5 Å². The molecule has 0 unspecified atom stereocenters. The molecular weight excluding hydrogens is 305 g/mol. The van der Waals surface area contributed by atoms with Crippen LogP contribution in [0.25, 0.3) is 0 Å². The van der Waals surface area contributed by atoms with Crippen LogP contribution in [0.3, 0.4) is 0 Å². The molecule has 4 heteroatoms. The molecule has 0 spiro atoms. The standard InChI is InChI=1S/C17H17Cl2NO/c1-11-5-8-14(18)16(9-11)21-17-12(3-2-4-15(17)19)10-20-13-6-7-13/h2-5,8-9,13,20H,6-7,10H2,1H3. The van der Waals surface area contributed by atoms with E-state index < -0.39 is 0 Å². The molecular formula is C17H17Cl2NO. The van der Waals surface area contributed by atoms with Crippen molar-refractivity contribution in [2.24, 2.45) is 0 Å². The minimum Gasteiger partial charge on any atom is -0.454 e. The van der Waals surface area contributed by atoms with Gasteiger partial charge >= 0.3 is 0 Å². The molecule has 0 aliphatic heterocycles. The normalized spacial score (nSPS) is 14.2. The van der Waals surface area contributed by atoms with Gasteiger partial charge in [-0.15, -0.1) is 0 Å². The van der Waals surface area contributed by atoms with E-state index in [1.165, 1.54) is 12.8 Å². The van der Waals surface area contributed by atoms with Crippen LogP contribution in [0.2, 0.25) is 10.0 Å². The maximum absolute atomic E-state index is 6.31. The van der Waals surface area contributed by atoms with E-state index in [1.54, 1.807) is 0 Å². The number of ether oxygens (including phenoxy) is 1. The summed E-state index contributed by atoms with van der Waals surface area (Å²) in [5.41, 5.74) is 2.14. The van der Waals surface area contributed by atoms with Gasteiger partial charge in [-0.05, 0) is 43.5 Å². The predicted octanol–water partition coefficient (Wildman–Crippen LogP) is 5.35. The maximum atomic E-state index is 6.31. The number of hydrogen-bond acceptors (Lipinski definition) is 2. The number of nitrogens with one attached hydrogen (secondary N) is 1. The van der Waals surface area contributed by atoms with Gasteiger partial charge in [-0.1, -0.05) is 41.4 Å². The summed E-state index contributed by atoms with van der Waals surface area (Å²) in [6.45, 7) is 2.76. The van der Waals surface area contributed by atoms with Crippen LogP contribution in [-0.2, 0) is 6.54 Å². The Morgan fingerprint density at radius 3 is 2.71 bits per heavy atom. The third-order valence-corrected chi connectivity index (χ3v) is 4.12. The fraction of sp³-hybridized carbons (Fsp3) is 0.294. The molecule has 0 heterocycles. The van der Waals surface area contributed by atoms with Gasteiger partial charge in [0, 0.05) is 18.2 Å². The molecule has 2 aromatic carbocycles. The summed E-state index contributed by atoms with van der Waals surface area (Å²) < 4.78 is 6.00. The van der Waals surface area contributed by atoms with E-state index in [4.69, 9.17) is 27.9 Å². The average molecular weight is 322 g/mol. The van der Waals surface area contributed by atoms with Crippen LogP contribution in [0.1, 0.15) is 24.0 Å². The minimum atomic E-state index is 0.585. The lowest BCUT2D eigenvalue weighted by molar-refractivity contribution is 0.472. The molecule has 0 atom stereocenters. The zero-order valence-electron chi connectivity index (χ0n) is 11.8. The summed E-state index contributed by atoms with van der Waals surface area (Å²) in [6, 6.07) is 12.2. The van der Waals surface area contributed by atoms with Crippen LogP contribution < -0.4 is 10.1 Å². The van der Waals surface area contributed by atoms with E-state index in [-0.39, 0.29) is 0 Å². The number of para-hydroxylation sites is 1. The fourth-order valence-electron chi connectivity index (χ4n) is 2.15. The summed E-state index contributed by atoms with van der Waals surface area (Å²) in [5.74, 6) is 1.32. The Hall–Kier alpha value is -1.22. The van der Waals surface area contributed by atoms with Gasteiger partial charge in [0.2, 0.25) is 0 Å². The first-order valence-electron chi connectivity index (χ1n) is 7.08. The number of rotatable bonds is 5. The molecule has 0 saturated heterocycles. The highest BCUT2D eigenvalue weighted by Gasteiger charge is 2.21. The number of aryl methyl sites for hydroxylation is 1. The molecule has 2 nitrogen and oxygen atoms in total. The van der Waals surface area contributed by atoms with Gasteiger partial charge in [0.25, 0.3) is 0 Å². The molecule has 3 rings (SSSR count). The van der Waals surface area contributed by atoms with E-state index >= 15 is 0 Å². The van der Waals surface area contributed by atoms with Gasteiger partial charge in [-0.2, -0.15) is 0 Å². The molecule has 1 aliphatic carbocycles. The van der Waals surface area contributed by atoms with Crippen molar-refractivity contribution < 1.29 is 4.74 Å². The number of hydrogen-bond donors (Lipinski definition) is 1. The molecule has 0 bridgehead atoms. The molecule has 0 aromatic heterocycles. The zero-order chi connectivity index (χ0) is 14.8. The summed E-state index contributed by atoms with van der Waals surface area (Å²) in [6.07, 6.45) is 2.50. The Kier molecular flexibility index (Phi) is 4.39. The van der Waals surface area contributed by atoms with Crippen molar-refractivity contribution in [3.8, 4) is 11.5 Å². The highest BCUT2D eigenvalue weighted by Crippen LogP contribution is 2.36. The average Bonchev–Trinajstić information content (AvgIpc) is 3.27. The van der Waals surface area contributed by atoms with Gasteiger partial charge < -0.3 is 10.1 Å². The van der Waals surface area contributed by atoms with Crippen LogP contribution in [0.4, 0.5) is 0 Å². The molecule has 1 fully saturated rings. The third-order valence-electron chi connectivity index (χ3n) is 3.51. The first-order valence-corrected chi connectivity index (χ1v) is 7.84. The molecule has 0 radical (unpaired) electrons. The second-order valence-electron chi connectivity index (χ2n) is 5.42. The number of benzene rings is 2. The molecule has 21 heavy (non-hydrogen) atoms. The minimum absolute atomic E-state index is 0.585. The lowest BCUT2D eigenvalue weighted by Crippen LogP contribution is -2.15. The van der Waals surface area contributed by atoms with Crippen molar-refractivity contribution in [3.63, 3.8) is 0 Å². The van der Waals surface area contributed by atoms with E-state index in [2.05, 4.69) is 5.32 Å². The molecule has 1 N–H and O–H groups in total. The van der Waals surface area contributed by atoms with Crippen LogP contribution >= 0.6 is 23.2 Å². The second kappa shape index (κ2) is 6.27. The first-order chi connectivity index (χ1) is 10.1. The van der Waals surface area contributed by atoms with Gasteiger partial charge in [0.05, 0.1) is 10.0 Å². The molecule has 2 aromatic rings. The van der Waals surface area contributed by atoms with E-state index in [9.17, 15) is 0 Å². The van der Waals surface area contributed by atoms with E-state index in [0.29, 0.717) is 27.6 Å². The predicted molar refractivity (Wildman–Crippen MR) is 87.6 cm³/mol. The van der Waals surface area contributed by atoms with Crippen molar-refractivity contribution >= 4 is 23.2 Å². The van der Waals surface area contributed by atoms with E-state index in [0.717, 1.165) is 17.7 Å². The van der Waals surface area contributed by atoms with Crippen molar-refractivity contribution in [2.45, 2.75) is 32.4 Å². The molecule has 1 saturated carbocycles. The largest absolute Gasteiger partial charge is 0.454 e. The van der Waals surface area contributed by atoms with Crippen molar-refractivity contribution in [2.75, 3.05) is 0 Å². The summed E-state index contributed by atoms with van der Waals surface area (Å²) in [5, 5.41) is 4.67. The summed E-state index contributed by atoms with van der Waals surface area (Å²) in [7, 11) is 0.